The van der Waals surface area contributed by atoms with Crippen LogP contribution in [0.5, 0.6) is 0 Å². The molecule has 1 amide bonds. The average Bonchev–Trinajstić information content (AvgIpc) is 2.61. The second kappa shape index (κ2) is 8.24. The van der Waals surface area contributed by atoms with Crippen molar-refractivity contribution in [1.82, 2.24) is 10.0 Å². The van der Waals surface area contributed by atoms with Crippen LogP contribution in [0.2, 0.25) is 0 Å². The number of carbonyl (C=O) groups is 1. The Balaban J connectivity index is 1.80. The molecule has 0 atom stereocenters. The Labute approximate surface area is 141 Å². The summed E-state index contributed by atoms with van der Waals surface area (Å²) in [5.41, 5.74) is 1.46. The molecule has 2 N–H and O–H groups in total. The lowest BCUT2D eigenvalue weighted by molar-refractivity contribution is -0.119. The fourth-order valence-corrected chi connectivity index (χ4v) is 2.99. The van der Waals surface area contributed by atoms with Crippen LogP contribution in [0.25, 0.3) is 0 Å². The van der Waals surface area contributed by atoms with E-state index in [9.17, 15) is 13.2 Å². The Morgan fingerprint density at radius 3 is 2.33 bits per heavy atom. The largest absolute Gasteiger partial charge is 0.355 e. The Hall–Kier alpha value is -2.69. The lowest BCUT2D eigenvalue weighted by atomic mass is 10.1. The summed E-state index contributed by atoms with van der Waals surface area (Å²) in [5, 5.41) is 11.4. The van der Waals surface area contributed by atoms with Crippen molar-refractivity contribution in [1.29, 1.82) is 5.26 Å². The van der Waals surface area contributed by atoms with Gasteiger partial charge in [-0.1, -0.05) is 30.3 Å². The zero-order valence-corrected chi connectivity index (χ0v) is 13.7. The zero-order valence-electron chi connectivity index (χ0n) is 12.9. The second-order valence-corrected chi connectivity index (χ2v) is 6.81. The molecule has 24 heavy (non-hydrogen) atoms. The molecule has 2 rings (SSSR count). The summed E-state index contributed by atoms with van der Waals surface area (Å²) >= 11 is 0. The molecule has 0 saturated carbocycles. The monoisotopic (exact) mass is 343 g/mol. The third-order valence-electron chi connectivity index (χ3n) is 3.30. The molecule has 0 aliphatic carbocycles. The first-order chi connectivity index (χ1) is 11.5. The number of nitriles is 1. The Bertz CT molecular complexity index is 826. The number of rotatable bonds is 7. The third kappa shape index (κ3) is 5.19. The molecule has 0 saturated heterocycles. The van der Waals surface area contributed by atoms with Gasteiger partial charge in [-0.15, -0.1) is 0 Å². The maximum Gasteiger partial charge on any atom is 0.241 e. The smallest absolute Gasteiger partial charge is 0.241 e. The minimum Gasteiger partial charge on any atom is -0.355 e. The van der Waals surface area contributed by atoms with E-state index < -0.39 is 15.9 Å². The van der Waals surface area contributed by atoms with Crippen LogP contribution >= 0.6 is 0 Å². The normalized spacial score (nSPS) is 10.8. The molecule has 0 fully saturated rings. The van der Waals surface area contributed by atoms with Gasteiger partial charge in [-0.2, -0.15) is 5.26 Å². The molecule has 0 unspecified atom stereocenters. The van der Waals surface area contributed by atoms with E-state index in [2.05, 4.69) is 10.0 Å². The van der Waals surface area contributed by atoms with Crippen LogP contribution in [0.4, 0.5) is 0 Å². The first-order valence-electron chi connectivity index (χ1n) is 7.32. The molecular weight excluding hydrogens is 326 g/mol. The minimum atomic E-state index is -3.78. The van der Waals surface area contributed by atoms with Crippen LogP contribution in [0.1, 0.15) is 11.1 Å². The van der Waals surface area contributed by atoms with Gasteiger partial charge in [-0.3, -0.25) is 4.79 Å². The van der Waals surface area contributed by atoms with Gasteiger partial charge < -0.3 is 5.32 Å². The highest BCUT2D eigenvalue weighted by Gasteiger charge is 2.15. The van der Waals surface area contributed by atoms with Crippen LogP contribution in [-0.2, 0) is 21.2 Å². The SMILES string of the molecule is N#Cc1ccc(S(=O)(=O)NCC(=O)NCCc2ccccc2)cc1. The highest BCUT2D eigenvalue weighted by atomic mass is 32.2. The van der Waals surface area contributed by atoms with Gasteiger partial charge in [0.15, 0.2) is 0 Å². The lowest BCUT2D eigenvalue weighted by Crippen LogP contribution is -2.37. The van der Waals surface area contributed by atoms with Gasteiger partial charge in [0.25, 0.3) is 0 Å². The summed E-state index contributed by atoms with van der Waals surface area (Å²) in [6.45, 7) is 0.0958. The van der Waals surface area contributed by atoms with Crippen molar-refractivity contribution in [2.24, 2.45) is 0 Å². The van der Waals surface area contributed by atoms with Gasteiger partial charge in [0, 0.05) is 6.54 Å². The molecule has 0 aliphatic heterocycles. The molecule has 7 heteroatoms. The highest BCUT2D eigenvalue weighted by Crippen LogP contribution is 2.09. The molecule has 0 spiro atoms. The Morgan fingerprint density at radius 2 is 1.71 bits per heavy atom. The molecule has 0 heterocycles. The molecule has 0 radical (unpaired) electrons. The second-order valence-electron chi connectivity index (χ2n) is 5.05. The predicted molar refractivity (Wildman–Crippen MR) is 89.5 cm³/mol. The summed E-state index contributed by atoms with van der Waals surface area (Å²) in [4.78, 5) is 11.7. The number of benzene rings is 2. The first-order valence-corrected chi connectivity index (χ1v) is 8.80. The number of nitrogens with one attached hydrogen (secondary N) is 2. The quantitative estimate of drug-likeness (QED) is 0.789. The molecule has 0 bridgehead atoms. The fourth-order valence-electron chi connectivity index (χ4n) is 2.01. The summed E-state index contributed by atoms with van der Waals surface area (Å²) in [5.74, 6) is -0.400. The Morgan fingerprint density at radius 1 is 1.04 bits per heavy atom. The van der Waals surface area contributed by atoms with E-state index in [0.717, 1.165) is 5.56 Å². The van der Waals surface area contributed by atoms with E-state index in [4.69, 9.17) is 5.26 Å². The molecule has 0 aromatic heterocycles. The summed E-state index contributed by atoms with van der Waals surface area (Å²) in [6.07, 6.45) is 0.676. The number of nitrogens with zero attached hydrogens (tertiary/aromatic N) is 1. The van der Waals surface area contributed by atoms with Crippen LogP contribution in [0, 0.1) is 11.3 Å². The van der Waals surface area contributed by atoms with E-state index in [-0.39, 0.29) is 11.4 Å². The van der Waals surface area contributed by atoms with Crippen LogP contribution in [0.15, 0.2) is 59.5 Å². The van der Waals surface area contributed by atoms with Gasteiger partial charge in [0.1, 0.15) is 0 Å². The van der Waals surface area contributed by atoms with Crippen molar-refractivity contribution in [3.63, 3.8) is 0 Å². The average molecular weight is 343 g/mol. The Kier molecular flexibility index (Phi) is 6.07. The standard InChI is InChI=1S/C17H17N3O3S/c18-12-15-6-8-16(9-7-15)24(22,23)20-13-17(21)19-11-10-14-4-2-1-3-5-14/h1-9,20H,10-11,13H2,(H,19,21). The summed E-state index contributed by atoms with van der Waals surface area (Å²) < 4.78 is 26.4. The third-order valence-corrected chi connectivity index (χ3v) is 4.71. The van der Waals surface area contributed by atoms with Gasteiger partial charge in [-0.25, -0.2) is 13.1 Å². The molecule has 124 valence electrons. The first kappa shape index (κ1) is 17.7. The summed E-state index contributed by atoms with van der Waals surface area (Å²) in [6, 6.07) is 17.1. The number of hydrogen-bond donors (Lipinski definition) is 2. The van der Waals surface area contributed by atoms with E-state index in [0.29, 0.717) is 18.5 Å². The predicted octanol–water partition coefficient (Wildman–Crippen LogP) is 1.20. The molecular formula is C17H17N3O3S. The van der Waals surface area contributed by atoms with Crippen LogP contribution < -0.4 is 10.0 Å². The fraction of sp³-hybridized carbons (Fsp3) is 0.176. The molecule has 6 nitrogen and oxygen atoms in total. The van der Waals surface area contributed by atoms with Crippen molar-refractivity contribution >= 4 is 15.9 Å². The highest BCUT2D eigenvalue weighted by molar-refractivity contribution is 7.89. The topological polar surface area (TPSA) is 99.1 Å². The maximum absolute atomic E-state index is 12.1. The lowest BCUT2D eigenvalue weighted by Gasteiger charge is -2.08. The maximum atomic E-state index is 12.1. The number of sulfonamides is 1. The van der Waals surface area contributed by atoms with Crippen LogP contribution in [0.3, 0.4) is 0 Å². The van der Waals surface area contributed by atoms with Crippen LogP contribution in [-0.4, -0.2) is 27.4 Å². The molecule has 2 aromatic rings. The van der Waals surface area contributed by atoms with Crippen molar-refractivity contribution in [2.75, 3.05) is 13.1 Å². The zero-order chi connectivity index (χ0) is 17.4. The van der Waals surface area contributed by atoms with Crippen molar-refractivity contribution in [3.05, 3.63) is 65.7 Å². The van der Waals surface area contributed by atoms with E-state index in [1.54, 1.807) is 0 Å². The van der Waals surface area contributed by atoms with E-state index in [1.807, 2.05) is 36.4 Å². The van der Waals surface area contributed by atoms with E-state index >= 15 is 0 Å². The minimum absolute atomic E-state index is 0.0126. The molecule has 2 aromatic carbocycles. The van der Waals surface area contributed by atoms with Gasteiger partial charge in [0.2, 0.25) is 15.9 Å². The van der Waals surface area contributed by atoms with Gasteiger partial charge in [0.05, 0.1) is 23.1 Å². The molecule has 0 aliphatic rings. The van der Waals surface area contributed by atoms with Crippen molar-refractivity contribution in [3.8, 4) is 6.07 Å². The van der Waals surface area contributed by atoms with E-state index in [1.165, 1.54) is 24.3 Å². The van der Waals surface area contributed by atoms with Gasteiger partial charge >= 0.3 is 0 Å². The van der Waals surface area contributed by atoms with Crippen molar-refractivity contribution < 1.29 is 13.2 Å². The van der Waals surface area contributed by atoms with Crippen molar-refractivity contribution in [2.45, 2.75) is 11.3 Å². The summed E-state index contributed by atoms with van der Waals surface area (Å²) in [7, 11) is -3.78. The number of amides is 1. The number of carbonyl (C=O) groups excluding carboxylic acids is 1. The number of hydrogen-bond acceptors (Lipinski definition) is 4. The van der Waals surface area contributed by atoms with Gasteiger partial charge in [-0.05, 0) is 36.2 Å².